The lowest BCUT2D eigenvalue weighted by Gasteiger charge is -2.09. The van der Waals surface area contributed by atoms with Crippen LogP contribution in [0.25, 0.3) is 0 Å². The van der Waals surface area contributed by atoms with Crippen LogP contribution < -0.4 is 0 Å². The van der Waals surface area contributed by atoms with Crippen molar-refractivity contribution < 1.29 is 5.11 Å². The molecule has 0 radical (unpaired) electrons. The molecule has 1 aromatic rings. The van der Waals surface area contributed by atoms with Crippen molar-refractivity contribution in [3.05, 3.63) is 35.4 Å². The quantitative estimate of drug-likeness (QED) is 0.749. The lowest BCUT2D eigenvalue weighted by molar-refractivity contribution is 0.299. The van der Waals surface area contributed by atoms with E-state index in [1.165, 1.54) is 24.0 Å². The number of hydrogen-bond donors (Lipinski definition) is 1. The van der Waals surface area contributed by atoms with Crippen molar-refractivity contribution >= 4 is 0 Å². The second-order valence-electron chi connectivity index (χ2n) is 4.23. The van der Waals surface area contributed by atoms with E-state index in [2.05, 4.69) is 31.2 Å². The first-order valence-electron chi connectivity index (χ1n) is 4.95. The van der Waals surface area contributed by atoms with Crippen molar-refractivity contribution in [2.75, 3.05) is 6.61 Å². The van der Waals surface area contributed by atoms with Gasteiger partial charge in [0.05, 0.1) is 0 Å². The van der Waals surface area contributed by atoms with Gasteiger partial charge in [-0.25, -0.2) is 0 Å². The van der Waals surface area contributed by atoms with Gasteiger partial charge in [0.1, 0.15) is 0 Å². The van der Waals surface area contributed by atoms with Gasteiger partial charge in [0.25, 0.3) is 0 Å². The number of benzene rings is 1. The van der Waals surface area contributed by atoms with Crippen LogP contribution in [-0.2, 0) is 11.8 Å². The Bertz CT molecular complexity index is 300. The molecular weight excluding hydrogens is 160 g/mol. The van der Waals surface area contributed by atoms with Crippen molar-refractivity contribution in [2.24, 2.45) is 0 Å². The summed E-state index contributed by atoms with van der Waals surface area (Å²) in [5.74, 6) is 0. The molecule has 0 bridgehead atoms. The smallest absolute Gasteiger partial charge is 0.0471 e. The largest absolute Gasteiger partial charge is 0.396 e. The van der Waals surface area contributed by atoms with Gasteiger partial charge in [-0.15, -0.1) is 0 Å². The summed E-state index contributed by atoms with van der Waals surface area (Å²) in [7, 11) is 0. The standard InChI is InChI=1S/C12H16O/c1-12(6-7-12)11-4-2-3-10(9-11)5-8-13/h2-4,9,13H,5-8H2,1H3. The van der Waals surface area contributed by atoms with Gasteiger partial charge in [-0.05, 0) is 35.8 Å². The fraction of sp³-hybridized carbons (Fsp3) is 0.500. The maximum atomic E-state index is 8.83. The number of rotatable bonds is 3. The third-order valence-corrected chi connectivity index (χ3v) is 3.02. The van der Waals surface area contributed by atoms with Gasteiger partial charge in [-0.1, -0.05) is 31.2 Å². The summed E-state index contributed by atoms with van der Waals surface area (Å²) in [6.07, 6.45) is 3.41. The molecule has 0 unspecified atom stereocenters. The molecule has 0 atom stereocenters. The van der Waals surface area contributed by atoms with E-state index in [9.17, 15) is 0 Å². The van der Waals surface area contributed by atoms with E-state index < -0.39 is 0 Å². The first-order valence-corrected chi connectivity index (χ1v) is 4.95. The predicted octanol–water partition coefficient (Wildman–Crippen LogP) is 2.27. The van der Waals surface area contributed by atoms with Gasteiger partial charge in [0, 0.05) is 6.61 Å². The van der Waals surface area contributed by atoms with E-state index >= 15 is 0 Å². The predicted molar refractivity (Wildman–Crippen MR) is 53.8 cm³/mol. The summed E-state index contributed by atoms with van der Waals surface area (Å²) in [6.45, 7) is 2.56. The van der Waals surface area contributed by atoms with Crippen LogP contribution in [0.15, 0.2) is 24.3 Å². The number of hydrogen-bond acceptors (Lipinski definition) is 1. The molecule has 1 N–H and O–H groups in total. The molecule has 0 aromatic heterocycles. The zero-order valence-corrected chi connectivity index (χ0v) is 8.09. The molecule has 0 aliphatic heterocycles. The van der Waals surface area contributed by atoms with E-state index in [4.69, 9.17) is 5.11 Å². The van der Waals surface area contributed by atoms with E-state index in [0.717, 1.165) is 6.42 Å². The van der Waals surface area contributed by atoms with Gasteiger partial charge in [-0.3, -0.25) is 0 Å². The highest BCUT2D eigenvalue weighted by atomic mass is 16.2. The maximum absolute atomic E-state index is 8.83. The van der Waals surface area contributed by atoms with Crippen LogP contribution in [0.5, 0.6) is 0 Å². The van der Waals surface area contributed by atoms with Gasteiger partial charge in [-0.2, -0.15) is 0 Å². The molecule has 2 rings (SSSR count). The minimum absolute atomic E-state index is 0.250. The molecule has 0 amide bonds. The van der Waals surface area contributed by atoms with E-state index in [1.54, 1.807) is 0 Å². The van der Waals surface area contributed by atoms with Gasteiger partial charge < -0.3 is 5.11 Å². The van der Waals surface area contributed by atoms with E-state index in [1.807, 2.05) is 0 Å². The Morgan fingerprint density at radius 2 is 2.15 bits per heavy atom. The first kappa shape index (κ1) is 8.76. The molecule has 1 aliphatic rings. The van der Waals surface area contributed by atoms with Crippen molar-refractivity contribution in [1.82, 2.24) is 0 Å². The van der Waals surface area contributed by atoms with Crippen LogP contribution in [0, 0.1) is 0 Å². The average Bonchev–Trinajstić information content (AvgIpc) is 2.86. The van der Waals surface area contributed by atoms with Crippen molar-refractivity contribution in [3.8, 4) is 0 Å². The number of aliphatic hydroxyl groups excluding tert-OH is 1. The minimum atomic E-state index is 0.250. The van der Waals surface area contributed by atoms with E-state index in [-0.39, 0.29) is 6.61 Å². The number of aliphatic hydroxyl groups is 1. The van der Waals surface area contributed by atoms with Crippen LogP contribution in [-0.4, -0.2) is 11.7 Å². The SMILES string of the molecule is CC1(c2cccc(CCO)c2)CC1. The fourth-order valence-electron chi connectivity index (χ4n) is 1.71. The molecule has 1 fully saturated rings. The molecule has 1 saturated carbocycles. The lowest BCUT2D eigenvalue weighted by atomic mass is 9.96. The van der Waals surface area contributed by atoms with Gasteiger partial charge >= 0.3 is 0 Å². The Hall–Kier alpha value is -0.820. The summed E-state index contributed by atoms with van der Waals surface area (Å²) in [6, 6.07) is 8.63. The molecular formula is C12H16O. The molecule has 0 saturated heterocycles. The second kappa shape index (κ2) is 3.15. The molecule has 1 aliphatic carbocycles. The fourth-order valence-corrected chi connectivity index (χ4v) is 1.71. The molecule has 0 heterocycles. The van der Waals surface area contributed by atoms with Crippen LogP contribution in [0.3, 0.4) is 0 Å². The Kier molecular flexibility index (Phi) is 2.12. The summed E-state index contributed by atoms with van der Waals surface area (Å²) in [5.41, 5.74) is 3.15. The minimum Gasteiger partial charge on any atom is -0.396 e. The summed E-state index contributed by atoms with van der Waals surface area (Å²) in [5, 5.41) is 8.83. The van der Waals surface area contributed by atoms with Crippen molar-refractivity contribution in [2.45, 2.75) is 31.6 Å². The molecule has 1 aromatic carbocycles. The van der Waals surface area contributed by atoms with Crippen molar-refractivity contribution in [1.29, 1.82) is 0 Å². The van der Waals surface area contributed by atoms with E-state index in [0.29, 0.717) is 5.41 Å². The summed E-state index contributed by atoms with van der Waals surface area (Å²) >= 11 is 0. The topological polar surface area (TPSA) is 20.2 Å². The normalized spacial score (nSPS) is 18.6. The molecule has 0 spiro atoms. The first-order chi connectivity index (χ1) is 6.24. The van der Waals surface area contributed by atoms with Gasteiger partial charge in [0.2, 0.25) is 0 Å². The van der Waals surface area contributed by atoms with Crippen LogP contribution in [0.4, 0.5) is 0 Å². The van der Waals surface area contributed by atoms with Crippen molar-refractivity contribution in [3.63, 3.8) is 0 Å². The Morgan fingerprint density at radius 3 is 2.77 bits per heavy atom. The highest BCUT2D eigenvalue weighted by Crippen LogP contribution is 2.47. The summed E-state index contributed by atoms with van der Waals surface area (Å²) < 4.78 is 0. The Morgan fingerprint density at radius 1 is 1.38 bits per heavy atom. The maximum Gasteiger partial charge on any atom is 0.0471 e. The summed E-state index contributed by atoms with van der Waals surface area (Å²) in [4.78, 5) is 0. The van der Waals surface area contributed by atoms with Gasteiger partial charge in [0.15, 0.2) is 0 Å². The second-order valence-corrected chi connectivity index (χ2v) is 4.23. The third-order valence-electron chi connectivity index (χ3n) is 3.02. The Labute approximate surface area is 79.4 Å². The van der Waals surface area contributed by atoms with Crippen LogP contribution in [0.2, 0.25) is 0 Å². The monoisotopic (exact) mass is 176 g/mol. The van der Waals surface area contributed by atoms with Crippen LogP contribution in [0.1, 0.15) is 30.9 Å². The highest BCUT2D eigenvalue weighted by molar-refractivity contribution is 5.33. The highest BCUT2D eigenvalue weighted by Gasteiger charge is 2.38. The molecule has 70 valence electrons. The zero-order valence-electron chi connectivity index (χ0n) is 8.09. The zero-order chi connectivity index (χ0) is 9.31. The Balaban J connectivity index is 2.22. The molecule has 1 nitrogen and oxygen atoms in total. The molecule has 13 heavy (non-hydrogen) atoms. The average molecular weight is 176 g/mol. The van der Waals surface area contributed by atoms with Crippen LogP contribution >= 0.6 is 0 Å². The lowest BCUT2D eigenvalue weighted by Crippen LogP contribution is -2.01. The molecule has 1 heteroatoms. The third kappa shape index (κ3) is 1.75.